The lowest BCUT2D eigenvalue weighted by atomic mass is 10.2. The average molecular weight is 365 g/mol. The Labute approximate surface area is 149 Å². The van der Waals surface area contributed by atoms with E-state index < -0.39 is 18.8 Å². The second kappa shape index (κ2) is 6.47. The van der Waals surface area contributed by atoms with E-state index in [0.29, 0.717) is 16.0 Å². The van der Waals surface area contributed by atoms with Crippen LogP contribution in [0.3, 0.4) is 0 Å². The molecule has 0 bridgehead atoms. The fourth-order valence-electron chi connectivity index (χ4n) is 3.05. The average Bonchev–Trinajstić information content (AvgIpc) is 2.68. The second-order valence-corrected chi connectivity index (χ2v) is 8.59. The lowest BCUT2D eigenvalue weighted by Gasteiger charge is -2.20. The number of halogens is 2. The van der Waals surface area contributed by atoms with E-state index in [-0.39, 0.29) is 0 Å². The van der Waals surface area contributed by atoms with Crippen LogP contribution < -0.4 is 16.0 Å². The van der Waals surface area contributed by atoms with Crippen molar-refractivity contribution in [2.24, 2.45) is 0 Å². The highest BCUT2D eigenvalue weighted by Crippen LogP contribution is 2.43. The zero-order valence-electron chi connectivity index (χ0n) is 13.6. The van der Waals surface area contributed by atoms with Crippen molar-refractivity contribution in [3.63, 3.8) is 0 Å². The summed E-state index contributed by atoms with van der Waals surface area (Å²) in [5, 5.41) is 2.57. The smallest absolute Gasteiger partial charge is 0.189 e. The highest BCUT2D eigenvalue weighted by Gasteiger charge is 2.33. The normalized spacial score (nSPS) is 11.6. The van der Waals surface area contributed by atoms with Gasteiger partial charge in [0.2, 0.25) is 0 Å². The lowest BCUT2D eigenvalue weighted by molar-refractivity contribution is 0.592. The van der Waals surface area contributed by atoms with Crippen LogP contribution in [-0.2, 0) is 4.57 Å². The van der Waals surface area contributed by atoms with Crippen molar-refractivity contribution in [3.05, 3.63) is 96.7 Å². The van der Waals surface area contributed by atoms with E-state index in [9.17, 15) is 13.3 Å². The number of aromatic nitrogens is 1. The maximum absolute atomic E-state index is 14.3. The van der Waals surface area contributed by atoms with E-state index >= 15 is 0 Å². The number of nitrogens with zero attached hydrogens (tertiary/aromatic N) is 1. The molecule has 0 saturated heterocycles. The fourth-order valence-corrected chi connectivity index (χ4v) is 5.75. The van der Waals surface area contributed by atoms with E-state index in [1.807, 2.05) is 30.3 Å². The van der Waals surface area contributed by atoms with Gasteiger partial charge in [-0.3, -0.25) is 4.98 Å². The predicted octanol–water partition coefficient (Wildman–Crippen LogP) is 4.15. The summed E-state index contributed by atoms with van der Waals surface area (Å²) in [5.41, 5.74) is 0.411. The molecular formula is C21H14F2NOP. The van der Waals surface area contributed by atoms with Crippen molar-refractivity contribution in [2.45, 2.75) is 0 Å². The Hall–Kier alpha value is -2.84. The highest BCUT2D eigenvalue weighted by molar-refractivity contribution is 7.85. The standard InChI is InChI=1S/C21H14F2NOP/c22-16-5-9-18(10-6-16)26(25,19-11-7-17(23)8-12-19)21-20-4-2-1-3-15(20)13-14-24-21/h1-14H. The van der Waals surface area contributed by atoms with Gasteiger partial charge in [0.25, 0.3) is 0 Å². The first-order valence-electron chi connectivity index (χ1n) is 8.06. The molecule has 3 aromatic carbocycles. The van der Waals surface area contributed by atoms with Crippen molar-refractivity contribution in [1.82, 2.24) is 4.98 Å². The second-order valence-electron chi connectivity index (χ2n) is 5.92. The number of pyridine rings is 1. The molecule has 5 heteroatoms. The summed E-state index contributed by atoms with van der Waals surface area (Å²) >= 11 is 0. The Bertz CT molecular complexity index is 1070. The number of hydrogen-bond donors (Lipinski definition) is 0. The molecule has 0 aliphatic rings. The first-order valence-corrected chi connectivity index (χ1v) is 9.76. The van der Waals surface area contributed by atoms with Crippen LogP contribution in [0.15, 0.2) is 85.1 Å². The Kier molecular flexibility index (Phi) is 4.14. The first-order chi connectivity index (χ1) is 12.6. The van der Waals surface area contributed by atoms with E-state index in [1.165, 1.54) is 48.5 Å². The van der Waals surface area contributed by atoms with Crippen LogP contribution in [0.1, 0.15) is 0 Å². The highest BCUT2D eigenvalue weighted by atomic mass is 31.2. The van der Waals surface area contributed by atoms with E-state index in [2.05, 4.69) is 4.98 Å². The van der Waals surface area contributed by atoms with Gasteiger partial charge in [0.05, 0.1) is 0 Å². The molecule has 0 N–H and O–H groups in total. The molecule has 128 valence electrons. The molecule has 2 nitrogen and oxygen atoms in total. The largest absolute Gasteiger partial charge is 0.307 e. The molecule has 4 rings (SSSR count). The molecular weight excluding hydrogens is 351 g/mol. The Balaban J connectivity index is 2.06. The van der Waals surface area contributed by atoms with Gasteiger partial charge in [-0.15, -0.1) is 0 Å². The molecule has 0 saturated carbocycles. The topological polar surface area (TPSA) is 30.0 Å². The van der Waals surface area contributed by atoms with Crippen LogP contribution in [0.4, 0.5) is 8.78 Å². The third-order valence-electron chi connectivity index (χ3n) is 4.33. The number of rotatable bonds is 3. The van der Waals surface area contributed by atoms with Gasteiger partial charge in [-0.05, 0) is 60.0 Å². The third-order valence-corrected chi connectivity index (χ3v) is 7.33. The molecule has 1 heterocycles. The van der Waals surface area contributed by atoms with Gasteiger partial charge < -0.3 is 4.57 Å². The predicted molar refractivity (Wildman–Crippen MR) is 101 cm³/mol. The van der Waals surface area contributed by atoms with Crippen molar-refractivity contribution >= 4 is 34.0 Å². The van der Waals surface area contributed by atoms with Crippen LogP contribution in [0, 0.1) is 11.6 Å². The molecule has 0 radical (unpaired) electrons. The number of hydrogen-bond acceptors (Lipinski definition) is 2. The SMILES string of the molecule is O=P(c1ccc(F)cc1)(c1ccc(F)cc1)c1nccc2ccccc12. The van der Waals surface area contributed by atoms with E-state index in [0.717, 1.165) is 10.8 Å². The van der Waals surface area contributed by atoms with Crippen LogP contribution in [0.2, 0.25) is 0 Å². The molecule has 0 atom stereocenters. The van der Waals surface area contributed by atoms with Gasteiger partial charge in [0.15, 0.2) is 7.14 Å². The third kappa shape index (κ3) is 2.73. The molecule has 0 amide bonds. The van der Waals surface area contributed by atoms with Crippen molar-refractivity contribution < 1.29 is 13.3 Å². The monoisotopic (exact) mass is 365 g/mol. The summed E-state index contributed by atoms with van der Waals surface area (Å²) in [6, 6.07) is 20.5. The van der Waals surface area contributed by atoms with Crippen LogP contribution >= 0.6 is 7.14 Å². The minimum Gasteiger partial charge on any atom is -0.307 e. The molecule has 26 heavy (non-hydrogen) atoms. The summed E-state index contributed by atoms with van der Waals surface area (Å²) in [6.45, 7) is 0. The van der Waals surface area contributed by atoms with Gasteiger partial charge in [0.1, 0.15) is 17.1 Å². The zero-order valence-corrected chi connectivity index (χ0v) is 14.5. The minimum absolute atomic E-state index is 0.411. The van der Waals surface area contributed by atoms with Crippen LogP contribution in [0.5, 0.6) is 0 Å². The van der Waals surface area contributed by atoms with Crippen molar-refractivity contribution in [2.75, 3.05) is 0 Å². The summed E-state index contributed by atoms with van der Waals surface area (Å²) in [4.78, 5) is 4.43. The van der Waals surface area contributed by atoms with Crippen molar-refractivity contribution in [1.29, 1.82) is 0 Å². The van der Waals surface area contributed by atoms with Gasteiger partial charge in [0, 0.05) is 22.2 Å². The zero-order chi connectivity index (χ0) is 18.1. The molecule has 4 aromatic rings. The van der Waals surface area contributed by atoms with E-state index in [4.69, 9.17) is 0 Å². The quantitative estimate of drug-likeness (QED) is 0.511. The van der Waals surface area contributed by atoms with E-state index in [1.54, 1.807) is 6.20 Å². The van der Waals surface area contributed by atoms with Gasteiger partial charge in [-0.1, -0.05) is 24.3 Å². The Morgan fingerprint density at radius 2 is 1.23 bits per heavy atom. The number of benzene rings is 3. The Morgan fingerprint density at radius 1 is 0.692 bits per heavy atom. The summed E-state index contributed by atoms with van der Waals surface area (Å²) in [7, 11) is -3.41. The maximum Gasteiger partial charge on any atom is 0.189 e. The lowest BCUT2D eigenvalue weighted by Crippen LogP contribution is -2.27. The van der Waals surface area contributed by atoms with Crippen LogP contribution in [-0.4, -0.2) is 4.98 Å². The van der Waals surface area contributed by atoms with Gasteiger partial charge in [-0.2, -0.15) is 0 Å². The molecule has 1 aromatic heterocycles. The maximum atomic E-state index is 14.3. The van der Waals surface area contributed by atoms with Crippen LogP contribution in [0.25, 0.3) is 10.8 Å². The fraction of sp³-hybridized carbons (Fsp3) is 0. The molecule has 0 aliphatic heterocycles. The Morgan fingerprint density at radius 3 is 1.81 bits per heavy atom. The van der Waals surface area contributed by atoms with Gasteiger partial charge in [-0.25, -0.2) is 8.78 Å². The van der Waals surface area contributed by atoms with Crippen molar-refractivity contribution in [3.8, 4) is 0 Å². The summed E-state index contributed by atoms with van der Waals surface area (Å²) in [5.74, 6) is -0.824. The number of fused-ring (bicyclic) bond motifs is 1. The summed E-state index contributed by atoms with van der Waals surface area (Å²) in [6.07, 6.45) is 1.61. The minimum atomic E-state index is -3.41. The molecule has 0 unspecified atom stereocenters. The first kappa shape index (κ1) is 16.6. The van der Waals surface area contributed by atoms with Gasteiger partial charge >= 0.3 is 0 Å². The molecule has 0 aliphatic carbocycles. The molecule has 0 spiro atoms. The summed E-state index contributed by atoms with van der Waals surface area (Å²) < 4.78 is 41.2. The molecule has 0 fully saturated rings.